The van der Waals surface area contributed by atoms with E-state index in [4.69, 9.17) is 4.74 Å². The van der Waals surface area contributed by atoms with E-state index in [1.54, 1.807) is 6.20 Å². The molecule has 1 aromatic heterocycles. The summed E-state index contributed by atoms with van der Waals surface area (Å²) in [5, 5.41) is 5.04. The summed E-state index contributed by atoms with van der Waals surface area (Å²) in [7, 11) is 0. The van der Waals surface area contributed by atoms with Gasteiger partial charge in [0.2, 0.25) is 0 Å². The summed E-state index contributed by atoms with van der Waals surface area (Å²) in [5.41, 5.74) is 2.39. The first kappa shape index (κ1) is 13.1. The van der Waals surface area contributed by atoms with Gasteiger partial charge in [0.15, 0.2) is 5.75 Å². The molecule has 0 aliphatic rings. The average molecular weight is 309 g/mol. The molecular formula is C14H17BrN2O. The molecule has 0 saturated carbocycles. The molecule has 2 rings (SSSR count). The SMILES string of the molecule is CCCn1cc(Oc2ccc(C)cc2CBr)cn1. The Morgan fingerprint density at radius 3 is 2.94 bits per heavy atom. The van der Waals surface area contributed by atoms with Gasteiger partial charge in [-0.3, -0.25) is 4.68 Å². The maximum Gasteiger partial charge on any atom is 0.165 e. The summed E-state index contributed by atoms with van der Waals surface area (Å²) in [6, 6.07) is 6.18. The zero-order chi connectivity index (χ0) is 13.0. The minimum Gasteiger partial charge on any atom is -0.454 e. The molecule has 0 aliphatic carbocycles. The number of hydrogen-bond acceptors (Lipinski definition) is 2. The van der Waals surface area contributed by atoms with E-state index in [2.05, 4.69) is 47.0 Å². The number of benzene rings is 1. The Bertz CT molecular complexity index is 522. The van der Waals surface area contributed by atoms with Crippen LogP contribution in [0.1, 0.15) is 24.5 Å². The number of aryl methyl sites for hydroxylation is 2. The highest BCUT2D eigenvalue weighted by Crippen LogP contribution is 2.27. The van der Waals surface area contributed by atoms with Gasteiger partial charge in [0.1, 0.15) is 5.75 Å². The van der Waals surface area contributed by atoms with Gasteiger partial charge in [-0.05, 0) is 19.4 Å². The van der Waals surface area contributed by atoms with Gasteiger partial charge in [0.05, 0.1) is 12.4 Å². The predicted molar refractivity (Wildman–Crippen MR) is 76.4 cm³/mol. The van der Waals surface area contributed by atoms with Gasteiger partial charge in [-0.25, -0.2) is 0 Å². The molecule has 0 radical (unpaired) electrons. The summed E-state index contributed by atoms with van der Waals surface area (Å²) < 4.78 is 7.77. The Kier molecular flexibility index (Phi) is 4.42. The molecular weight excluding hydrogens is 292 g/mol. The smallest absolute Gasteiger partial charge is 0.165 e. The van der Waals surface area contributed by atoms with E-state index in [-0.39, 0.29) is 0 Å². The lowest BCUT2D eigenvalue weighted by molar-refractivity contribution is 0.476. The lowest BCUT2D eigenvalue weighted by Crippen LogP contribution is -1.95. The van der Waals surface area contributed by atoms with Gasteiger partial charge in [-0.2, -0.15) is 5.10 Å². The van der Waals surface area contributed by atoms with Gasteiger partial charge < -0.3 is 4.74 Å². The van der Waals surface area contributed by atoms with E-state index in [0.29, 0.717) is 0 Å². The molecule has 1 aromatic carbocycles. The summed E-state index contributed by atoms with van der Waals surface area (Å²) >= 11 is 3.49. The van der Waals surface area contributed by atoms with Crippen molar-refractivity contribution in [3.63, 3.8) is 0 Å². The van der Waals surface area contributed by atoms with Crippen molar-refractivity contribution in [2.45, 2.75) is 32.1 Å². The second kappa shape index (κ2) is 6.05. The molecule has 0 bridgehead atoms. The Morgan fingerprint density at radius 1 is 1.39 bits per heavy atom. The highest BCUT2D eigenvalue weighted by Gasteiger charge is 2.06. The van der Waals surface area contributed by atoms with Crippen LogP contribution in [0.15, 0.2) is 30.6 Å². The number of alkyl halides is 1. The van der Waals surface area contributed by atoms with E-state index in [9.17, 15) is 0 Å². The third-order valence-corrected chi connectivity index (χ3v) is 3.25. The van der Waals surface area contributed by atoms with Crippen LogP contribution in [-0.2, 0) is 11.9 Å². The summed E-state index contributed by atoms with van der Waals surface area (Å²) in [4.78, 5) is 0. The zero-order valence-electron chi connectivity index (χ0n) is 10.7. The van der Waals surface area contributed by atoms with Crippen LogP contribution in [0.5, 0.6) is 11.5 Å². The van der Waals surface area contributed by atoms with E-state index < -0.39 is 0 Å². The van der Waals surface area contributed by atoms with Crippen LogP contribution in [0.25, 0.3) is 0 Å². The third-order valence-electron chi connectivity index (χ3n) is 2.65. The minimum absolute atomic E-state index is 0.785. The lowest BCUT2D eigenvalue weighted by atomic mass is 10.1. The maximum atomic E-state index is 5.87. The van der Waals surface area contributed by atoms with Gasteiger partial charge >= 0.3 is 0 Å². The molecule has 4 heteroatoms. The van der Waals surface area contributed by atoms with Gasteiger partial charge in [-0.15, -0.1) is 0 Å². The summed E-state index contributed by atoms with van der Waals surface area (Å²) in [5.74, 6) is 1.67. The first-order valence-corrected chi connectivity index (χ1v) is 7.21. The number of halogens is 1. The van der Waals surface area contributed by atoms with Crippen molar-refractivity contribution in [2.24, 2.45) is 0 Å². The standard InChI is InChI=1S/C14H17BrN2O/c1-3-6-17-10-13(9-16-17)18-14-5-4-11(2)7-12(14)8-15/h4-5,7,9-10H,3,6,8H2,1-2H3. The molecule has 96 valence electrons. The Hall–Kier alpha value is -1.29. The Morgan fingerprint density at radius 2 is 2.22 bits per heavy atom. The largest absolute Gasteiger partial charge is 0.454 e. The third kappa shape index (κ3) is 3.13. The number of nitrogens with zero attached hydrogens (tertiary/aromatic N) is 2. The van der Waals surface area contributed by atoms with E-state index in [0.717, 1.165) is 35.4 Å². The number of ether oxygens (including phenoxy) is 1. The monoisotopic (exact) mass is 308 g/mol. The fourth-order valence-corrected chi connectivity index (χ4v) is 2.23. The van der Waals surface area contributed by atoms with Crippen LogP contribution in [0.3, 0.4) is 0 Å². The van der Waals surface area contributed by atoms with Crippen LogP contribution < -0.4 is 4.74 Å². The minimum atomic E-state index is 0.785. The van der Waals surface area contributed by atoms with Crippen LogP contribution >= 0.6 is 15.9 Å². The average Bonchev–Trinajstić information content (AvgIpc) is 2.79. The fourth-order valence-electron chi connectivity index (χ4n) is 1.79. The van der Waals surface area contributed by atoms with E-state index >= 15 is 0 Å². The van der Waals surface area contributed by atoms with E-state index in [1.165, 1.54) is 5.56 Å². The van der Waals surface area contributed by atoms with Crippen LogP contribution in [0.4, 0.5) is 0 Å². The maximum absolute atomic E-state index is 5.87. The molecule has 3 nitrogen and oxygen atoms in total. The summed E-state index contributed by atoms with van der Waals surface area (Å²) in [6.07, 6.45) is 4.76. The first-order valence-electron chi connectivity index (χ1n) is 6.08. The van der Waals surface area contributed by atoms with Crippen molar-refractivity contribution in [1.82, 2.24) is 9.78 Å². The topological polar surface area (TPSA) is 27.1 Å². The quantitative estimate of drug-likeness (QED) is 0.770. The van der Waals surface area contributed by atoms with Crippen molar-refractivity contribution in [3.8, 4) is 11.5 Å². The second-order valence-electron chi connectivity index (χ2n) is 4.29. The molecule has 0 unspecified atom stereocenters. The molecule has 18 heavy (non-hydrogen) atoms. The van der Waals surface area contributed by atoms with Crippen molar-refractivity contribution in [3.05, 3.63) is 41.7 Å². The molecule has 0 saturated heterocycles. The Labute approximate surface area is 116 Å². The number of rotatable bonds is 5. The molecule has 0 N–H and O–H groups in total. The predicted octanol–water partition coefficient (Wildman–Crippen LogP) is 4.29. The number of aromatic nitrogens is 2. The molecule has 1 heterocycles. The molecule has 2 aromatic rings. The molecule has 0 fully saturated rings. The van der Waals surface area contributed by atoms with E-state index in [1.807, 2.05) is 16.9 Å². The fraction of sp³-hybridized carbons (Fsp3) is 0.357. The van der Waals surface area contributed by atoms with Crippen LogP contribution in [-0.4, -0.2) is 9.78 Å². The summed E-state index contributed by atoms with van der Waals surface area (Å²) in [6.45, 7) is 5.13. The van der Waals surface area contributed by atoms with Crippen molar-refractivity contribution in [1.29, 1.82) is 0 Å². The highest BCUT2D eigenvalue weighted by atomic mass is 79.9. The van der Waals surface area contributed by atoms with Crippen molar-refractivity contribution < 1.29 is 4.74 Å². The van der Waals surface area contributed by atoms with Crippen LogP contribution in [0.2, 0.25) is 0 Å². The number of hydrogen-bond donors (Lipinski definition) is 0. The first-order chi connectivity index (χ1) is 8.72. The normalized spacial score (nSPS) is 10.6. The highest BCUT2D eigenvalue weighted by molar-refractivity contribution is 9.08. The lowest BCUT2D eigenvalue weighted by Gasteiger charge is -2.08. The van der Waals surface area contributed by atoms with Gasteiger partial charge in [-0.1, -0.05) is 40.5 Å². The molecule has 0 spiro atoms. The van der Waals surface area contributed by atoms with Gasteiger partial charge in [0, 0.05) is 17.4 Å². The van der Waals surface area contributed by atoms with Crippen molar-refractivity contribution >= 4 is 15.9 Å². The zero-order valence-corrected chi connectivity index (χ0v) is 12.3. The molecule has 0 aliphatic heterocycles. The van der Waals surface area contributed by atoms with Crippen LogP contribution in [0, 0.1) is 6.92 Å². The Balaban J connectivity index is 2.17. The molecule has 0 amide bonds. The van der Waals surface area contributed by atoms with Crippen molar-refractivity contribution in [2.75, 3.05) is 0 Å². The van der Waals surface area contributed by atoms with Gasteiger partial charge in [0.25, 0.3) is 0 Å². The second-order valence-corrected chi connectivity index (χ2v) is 4.85. The molecule has 0 atom stereocenters.